The fourth-order valence-corrected chi connectivity index (χ4v) is 3.87. The molecule has 2 rings (SSSR count). The van der Waals surface area contributed by atoms with Gasteiger partial charge in [-0.05, 0) is 24.1 Å². The third-order valence-corrected chi connectivity index (χ3v) is 4.88. The second-order valence-corrected chi connectivity index (χ2v) is 7.61. The molecule has 0 atom stereocenters. The van der Waals surface area contributed by atoms with Gasteiger partial charge < -0.3 is 5.73 Å². The number of nitrogens with zero attached hydrogens (tertiary/aromatic N) is 2. The third kappa shape index (κ3) is 3.88. The van der Waals surface area contributed by atoms with Crippen LogP contribution in [-0.2, 0) is 16.4 Å². The molecule has 0 saturated carbocycles. The van der Waals surface area contributed by atoms with E-state index in [1.165, 1.54) is 6.07 Å². The summed E-state index contributed by atoms with van der Waals surface area (Å²) in [4.78, 5) is -0.475. The summed E-state index contributed by atoms with van der Waals surface area (Å²) in [6.45, 7) is 4.05. The Morgan fingerprint density at radius 3 is 2.71 bits per heavy atom. The minimum Gasteiger partial charge on any atom is -0.399 e. The van der Waals surface area contributed by atoms with Crippen molar-refractivity contribution in [3.63, 3.8) is 0 Å². The standard InChI is InChI=1S/C12H15FN4O2S2/c1-7(2)5-11-15-16-12(20-11)17-21(18,19)10-4-3-8(14)6-9(10)13/h3-4,6-7H,5,14H2,1-2H3,(H,16,17). The molecule has 1 heterocycles. The first-order valence-electron chi connectivity index (χ1n) is 6.18. The summed E-state index contributed by atoms with van der Waals surface area (Å²) in [6, 6.07) is 3.39. The molecular formula is C12H15FN4O2S2. The monoisotopic (exact) mass is 330 g/mol. The van der Waals surface area contributed by atoms with Gasteiger partial charge >= 0.3 is 0 Å². The number of nitrogens with one attached hydrogen (secondary N) is 1. The molecule has 0 saturated heterocycles. The van der Waals surface area contributed by atoms with Gasteiger partial charge in [-0.25, -0.2) is 12.8 Å². The molecule has 6 nitrogen and oxygen atoms in total. The van der Waals surface area contributed by atoms with Crippen LogP contribution in [0.15, 0.2) is 23.1 Å². The van der Waals surface area contributed by atoms with Crippen molar-refractivity contribution in [3.8, 4) is 0 Å². The molecule has 1 aromatic carbocycles. The normalized spacial score (nSPS) is 11.8. The van der Waals surface area contributed by atoms with Crippen molar-refractivity contribution in [1.82, 2.24) is 10.2 Å². The first kappa shape index (κ1) is 15.6. The van der Waals surface area contributed by atoms with E-state index in [0.717, 1.165) is 28.5 Å². The Bertz CT molecular complexity index is 743. The highest BCUT2D eigenvalue weighted by Crippen LogP contribution is 2.23. The predicted molar refractivity (Wildman–Crippen MR) is 80.1 cm³/mol. The molecule has 2 aromatic rings. The van der Waals surface area contributed by atoms with Gasteiger partial charge in [0.25, 0.3) is 10.0 Å². The number of aromatic nitrogens is 2. The fraction of sp³-hybridized carbons (Fsp3) is 0.333. The molecule has 9 heteroatoms. The lowest BCUT2D eigenvalue weighted by Crippen LogP contribution is -2.14. The van der Waals surface area contributed by atoms with E-state index >= 15 is 0 Å². The highest BCUT2D eigenvalue weighted by Gasteiger charge is 2.21. The van der Waals surface area contributed by atoms with Gasteiger partial charge in [-0.1, -0.05) is 25.2 Å². The molecule has 0 spiro atoms. The number of benzene rings is 1. The SMILES string of the molecule is CC(C)Cc1nnc(NS(=O)(=O)c2ccc(N)cc2F)s1. The summed E-state index contributed by atoms with van der Waals surface area (Å²) in [5, 5.41) is 8.49. The Labute approximate surface area is 126 Å². The lowest BCUT2D eigenvalue weighted by Gasteiger charge is -2.06. The van der Waals surface area contributed by atoms with Gasteiger partial charge in [0, 0.05) is 12.1 Å². The van der Waals surface area contributed by atoms with E-state index in [9.17, 15) is 12.8 Å². The van der Waals surface area contributed by atoms with Crippen LogP contribution in [0.3, 0.4) is 0 Å². The fourth-order valence-electron chi connectivity index (χ4n) is 1.63. The highest BCUT2D eigenvalue weighted by atomic mass is 32.2. The van der Waals surface area contributed by atoms with Crippen LogP contribution in [0.5, 0.6) is 0 Å². The van der Waals surface area contributed by atoms with E-state index in [0.29, 0.717) is 12.3 Å². The third-order valence-electron chi connectivity index (χ3n) is 2.52. The van der Waals surface area contributed by atoms with E-state index in [1.54, 1.807) is 0 Å². The quantitative estimate of drug-likeness (QED) is 0.819. The minimum absolute atomic E-state index is 0.113. The number of hydrogen-bond acceptors (Lipinski definition) is 6. The summed E-state index contributed by atoms with van der Waals surface area (Å²) in [6.07, 6.45) is 0.704. The molecule has 0 bridgehead atoms. The highest BCUT2D eigenvalue weighted by molar-refractivity contribution is 7.93. The average Bonchev–Trinajstić information content (AvgIpc) is 2.73. The zero-order valence-corrected chi connectivity index (χ0v) is 13.1. The van der Waals surface area contributed by atoms with Crippen LogP contribution in [0, 0.1) is 11.7 Å². The van der Waals surface area contributed by atoms with E-state index in [1.807, 2.05) is 13.8 Å². The lowest BCUT2D eigenvalue weighted by atomic mass is 10.1. The van der Waals surface area contributed by atoms with Crippen molar-refractivity contribution in [2.24, 2.45) is 5.92 Å². The van der Waals surface area contributed by atoms with Crippen LogP contribution >= 0.6 is 11.3 Å². The predicted octanol–water partition coefficient (Wildman–Crippen LogP) is 2.26. The Kier molecular flexibility index (Phi) is 4.43. The second-order valence-electron chi connectivity index (χ2n) is 4.89. The average molecular weight is 330 g/mol. The van der Waals surface area contributed by atoms with Gasteiger partial charge in [0.2, 0.25) is 5.13 Å². The minimum atomic E-state index is -4.05. The molecule has 0 aliphatic rings. The maximum atomic E-state index is 13.7. The molecule has 0 radical (unpaired) electrons. The molecule has 114 valence electrons. The van der Waals surface area contributed by atoms with E-state index in [-0.39, 0.29) is 10.8 Å². The molecular weight excluding hydrogens is 315 g/mol. The molecule has 0 aliphatic carbocycles. The lowest BCUT2D eigenvalue weighted by molar-refractivity contribution is 0.570. The van der Waals surface area contributed by atoms with Gasteiger partial charge in [0.1, 0.15) is 15.7 Å². The van der Waals surface area contributed by atoms with Crippen LogP contribution in [0.1, 0.15) is 18.9 Å². The Hall–Kier alpha value is -1.74. The van der Waals surface area contributed by atoms with Crippen molar-refractivity contribution >= 4 is 32.2 Å². The van der Waals surface area contributed by atoms with Crippen LogP contribution in [0.4, 0.5) is 15.2 Å². The summed E-state index contributed by atoms with van der Waals surface area (Å²) in [5.74, 6) is -0.522. The van der Waals surface area contributed by atoms with Gasteiger partial charge in [-0.2, -0.15) is 0 Å². The summed E-state index contributed by atoms with van der Waals surface area (Å²) in [7, 11) is -4.05. The topological polar surface area (TPSA) is 98.0 Å². The van der Waals surface area contributed by atoms with Crippen molar-refractivity contribution in [3.05, 3.63) is 29.0 Å². The number of anilines is 2. The van der Waals surface area contributed by atoms with E-state index in [4.69, 9.17) is 5.73 Å². The zero-order chi connectivity index (χ0) is 15.6. The zero-order valence-electron chi connectivity index (χ0n) is 11.5. The number of halogens is 1. The van der Waals surface area contributed by atoms with Gasteiger partial charge in [0.05, 0.1) is 0 Å². The van der Waals surface area contributed by atoms with Gasteiger partial charge in [-0.3, -0.25) is 4.72 Å². The maximum absolute atomic E-state index is 13.7. The van der Waals surface area contributed by atoms with Crippen LogP contribution in [0.25, 0.3) is 0 Å². The first-order valence-corrected chi connectivity index (χ1v) is 8.48. The Morgan fingerprint density at radius 1 is 1.38 bits per heavy atom. The van der Waals surface area contributed by atoms with E-state index < -0.39 is 20.7 Å². The molecule has 0 fully saturated rings. The Balaban J connectivity index is 2.23. The number of nitrogens with two attached hydrogens (primary N) is 1. The molecule has 3 N–H and O–H groups in total. The molecule has 1 aromatic heterocycles. The van der Waals surface area contributed by atoms with Crippen molar-refractivity contribution in [2.75, 3.05) is 10.5 Å². The number of sulfonamides is 1. The largest absolute Gasteiger partial charge is 0.399 e. The second kappa shape index (κ2) is 5.94. The summed E-state index contributed by atoms with van der Waals surface area (Å²) in [5.41, 5.74) is 5.55. The van der Waals surface area contributed by atoms with Gasteiger partial charge in [0.15, 0.2) is 0 Å². The summed E-state index contributed by atoms with van der Waals surface area (Å²) < 4.78 is 40.1. The van der Waals surface area contributed by atoms with Crippen LogP contribution < -0.4 is 10.5 Å². The Morgan fingerprint density at radius 2 is 2.10 bits per heavy atom. The van der Waals surface area contributed by atoms with E-state index in [2.05, 4.69) is 14.9 Å². The number of hydrogen-bond donors (Lipinski definition) is 2. The van der Waals surface area contributed by atoms with Gasteiger partial charge in [-0.15, -0.1) is 10.2 Å². The van der Waals surface area contributed by atoms with Crippen molar-refractivity contribution < 1.29 is 12.8 Å². The molecule has 21 heavy (non-hydrogen) atoms. The van der Waals surface area contributed by atoms with Crippen LogP contribution in [-0.4, -0.2) is 18.6 Å². The molecule has 0 unspecified atom stereocenters. The first-order chi connectivity index (χ1) is 9.78. The smallest absolute Gasteiger partial charge is 0.266 e. The molecule has 0 amide bonds. The number of nitrogen functional groups attached to an aromatic ring is 1. The van der Waals surface area contributed by atoms with Crippen molar-refractivity contribution in [2.45, 2.75) is 25.2 Å². The summed E-state index contributed by atoms with van der Waals surface area (Å²) >= 11 is 1.13. The number of rotatable bonds is 5. The van der Waals surface area contributed by atoms with Crippen molar-refractivity contribution in [1.29, 1.82) is 0 Å². The molecule has 0 aliphatic heterocycles. The maximum Gasteiger partial charge on any atom is 0.266 e. The van der Waals surface area contributed by atoms with Crippen LogP contribution in [0.2, 0.25) is 0 Å².